The van der Waals surface area contributed by atoms with Gasteiger partial charge in [-0.15, -0.1) is 0 Å². The largest absolute Gasteiger partial charge is 0.490 e. The van der Waals surface area contributed by atoms with Crippen LogP contribution in [0.1, 0.15) is 11.6 Å². The minimum Gasteiger partial charge on any atom is -0.475 e. The van der Waals surface area contributed by atoms with Crippen LogP contribution in [0.4, 0.5) is 13.2 Å². The summed E-state index contributed by atoms with van der Waals surface area (Å²) in [5, 5.41) is 16.1. The number of pyridine rings is 1. The Balaban J connectivity index is 0.000000199. The van der Waals surface area contributed by atoms with Gasteiger partial charge in [0.15, 0.2) is 5.65 Å². The molecule has 0 aliphatic carbocycles. The summed E-state index contributed by atoms with van der Waals surface area (Å²) in [6.45, 7) is 2.09. The molecular formula is C12H13F3N4O2. The van der Waals surface area contributed by atoms with Gasteiger partial charge in [0.25, 0.3) is 0 Å². The molecule has 2 N–H and O–H groups in total. The molecular weight excluding hydrogens is 289 g/mol. The molecule has 0 amide bonds. The molecule has 0 bridgehead atoms. The van der Waals surface area contributed by atoms with Crippen LogP contribution < -0.4 is 5.32 Å². The van der Waals surface area contributed by atoms with Crippen molar-refractivity contribution in [2.75, 3.05) is 13.1 Å². The van der Waals surface area contributed by atoms with Crippen molar-refractivity contribution in [2.24, 2.45) is 7.05 Å². The highest BCUT2D eigenvalue weighted by Gasteiger charge is 2.38. The number of aryl methyl sites for hydroxylation is 1. The van der Waals surface area contributed by atoms with Crippen LogP contribution in [0.5, 0.6) is 0 Å². The van der Waals surface area contributed by atoms with E-state index in [1.807, 2.05) is 24.0 Å². The van der Waals surface area contributed by atoms with Crippen molar-refractivity contribution in [1.82, 2.24) is 20.1 Å². The Hall–Kier alpha value is -2.16. The van der Waals surface area contributed by atoms with E-state index < -0.39 is 12.1 Å². The molecule has 114 valence electrons. The first kappa shape index (κ1) is 15.2. The van der Waals surface area contributed by atoms with Crippen LogP contribution in [-0.4, -0.2) is 45.1 Å². The van der Waals surface area contributed by atoms with E-state index in [1.54, 1.807) is 0 Å². The van der Waals surface area contributed by atoms with Crippen molar-refractivity contribution >= 4 is 17.0 Å². The van der Waals surface area contributed by atoms with E-state index in [0.29, 0.717) is 5.92 Å². The number of fused-ring (bicyclic) bond motifs is 1. The SMILES string of the molecule is Cn1nc(C2CNC2)c2cccnc21.O=C(O)C(F)(F)F. The molecule has 1 aliphatic rings. The first-order chi connectivity index (χ1) is 9.80. The van der Waals surface area contributed by atoms with E-state index in [2.05, 4.69) is 21.5 Å². The smallest absolute Gasteiger partial charge is 0.475 e. The number of aliphatic carboxylic acids is 1. The number of carbonyl (C=O) groups is 1. The fourth-order valence-electron chi connectivity index (χ4n) is 1.90. The maximum absolute atomic E-state index is 10.6. The first-order valence-electron chi connectivity index (χ1n) is 6.09. The van der Waals surface area contributed by atoms with Gasteiger partial charge in [-0.05, 0) is 12.1 Å². The highest BCUT2D eigenvalue weighted by molar-refractivity contribution is 5.78. The van der Waals surface area contributed by atoms with Gasteiger partial charge in [0.1, 0.15) is 0 Å². The molecule has 0 spiro atoms. The van der Waals surface area contributed by atoms with E-state index in [9.17, 15) is 13.2 Å². The predicted octanol–water partition coefficient (Wildman–Crippen LogP) is 1.29. The predicted molar refractivity (Wildman–Crippen MR) is 67.8 cm³/mol. The molecule has 1 saturated heterocycles. The zero-order chi connectivity index (χ0) is 15.6. The Morgan fingerprint density at radius 2 is 2.10 bits per heavy atom. The molecule has 2 aromatic heterocycles. The summed E-state index contributed by atoms with van der Waals surface area (Å²) in [4.78, 5) is 13.2. The van der Waals surface area contributed by atoms with Gasteiger partial charge in [0.2, 0.25) is 0 Å². The lowest BCUT2D eigenvalue weighted by Gasteiger charge is -2.25. The fourth-order valence-corrected chi connectivity index (χ4v) is 1.90. The Kier molecular flexibility index (Phi) is 4.12. The third-order valence-corrected chi connectivity index (χ3v) is 3.04. The van der Waals surface area contributed by atoms with E-state index in [0.717, 1.165) is 18.7 Å². The standard InChI is InChI=1S/C10H12N4.C2HF3O2/c1-14-10-8(3-2-4-12-10)9(13-14)7-5-11-6-7;3-2(4,5)1(6)7/h2-4,7,11H,5-6H2,1H3;(H,6,7). The van der Waals surface area contributed by atoms with Crippen molar-refractivity contribution in [2.45, 2.75) is 12.1 Å². The molecule has 0 saturated carbocycles. The van der Waals surface area contributed by atoms with Crippen molar-refractivity contribution in [1.29, 1.82) is 0 Å². The van der Waals surface area contributed by atoms with Crippen LogP contribution in [-0.2, 0) is 11.8 Å². The first-order valence-corrected chi connectivity index (χ1v) is 6.09. The van der Waals surface area contributed by atoms with Gasteiger partial charge in [-0.25, -0.2) is 9.78 Å². The van der Waals surface area contributed by atoms with Gasteiger partial charge in [0, 0.05) is 37.6 Å². The molecule has 1 aliphatic heterocycles. The summed E-state index contributed by atoms with van der Waals surface area (Å²) >= 11 is 0. The second kappa shape index (κ2) is 5.68. The topological polar surface area (TPSA) is 80.0 Å². The average Bonchev–Trinajstić information content (AvgIpc) is 2.65. The van der Waals surface area contributed by atoms with Crippen LogP contribution in [0.2, 0.25) is 0 Å². The number of carboxylic acid groups (broad SMARTS) is 1. The number of nitrogens with zero attached hydrogens (tertiary/aromatic N) is 3. The monoisotopic (exact) mass is 302 g/mol. The molecule has 21 heavy (non-hydrogen) atoms. The van der Waals surface area contributed by atoms with E-state index in [-0.39, 0.29) is 0 Å². The number of halogens is 3. The van der Waals surface area contributed by atoms with Crippen molar-refractivity contribution in [3.63, 3.8) is 0 Å². The summed E-state index contributed by atoms with van der Waals surface area (Å²) in [5.74, 6) is -2.18. The maximum atomic E-state index is 10.6. The van der Waals surface area contributed by atoms with E-state index in [4.69, 9.17) is 9.90 Å². The van der Waals surface area contributed by atoms with Crippen LogP contribution in [0.25, 0.3) is 11.0 Å². The van der Waals surface area contributed by atoms with Crippen LogP contribution >= 0.6 is 0 Å². The number of alkyl halides is 3. The summed E-state index contributed by atoms with van der Waals surface area (Å²) in [6.07, 6.45) is -3.27. The molecule has 6 nitrogen and oxygen atoms in total. The van der Waals surface area contributed by atoms with E-state index >= 15 is 0 Å². The fraction of sp³-hybridized carbons (Fsp3) is 0.417. The molecule has 1 fully saturated rings. The summed E-state index contributed by atoms with van der Waals surface area (Å²) in [7, 11) is 1.95. The van der Waals surface area contributed by atoms with Gasteiger partial charge in [0.05, 0.1) is 5.69 Å². The van der Waals surface area contributed by atoms with Crippen molar-refractivity contribution < 1.29 is 23.1 Å². The lowest BCUT2D eigenvalue weighted by Crippen LogP contribution is -2.40. The molecule has 0 radical (unpaired) electrons. The van der Waals surface area contributed by atoms with Crippen LogP contribution in [0, 0.1) is 0 Å². The molecule has 0 aromatic carbocycles. The molecule has 9 heteroatoms. The van der Waals surface area contributed by atoms with Crippen molar-refractivity contribution in [3.8, 4) is 0 Å². The zero-order valence-electron chi connectivity index (χ0n) is 11.1. The molecule has 0 atom stereocenters. The van der Waals surface area contributed by atoms with Gasteiger partial charge in [-0.2, -0.15) is 18.3 Å². The maximum Gasteiger partial charge on any atom is 0.490 e. The minimum atomic E-state index is -5.08. The number of nitrogens with one attached hydrogen (secondary N) is 1. The van der Waals surface area contributed by atoms with Crippen LogP contribution in [0.3, 0.4) is 0 Å². The lowest BCUT2D eigenvalue weighted by molar-refractivity contribution is -0.192. The summed E-state index contributed by atoms with van der Waals surface area (Å²) < 4.78 is 33.6. The second-order valence-corrected chi connectivity index (χ2v) is 4.54. The van der Waals surface area contributed by atoms with Gasteiger partial charge in [-0.1, -0.05) is 0 Å². The number of hydrogen-bond acceptors (Lipinski definition) is 4. The number of aromatic nitrogens is 3. The third-order valence-electron chi connectivity index (χ3n) is 3.04. The lowest BCUT2D eigenvalue weighted by atomic mass is 9.97. The second-order valence-electron chi connectivity index (χ2n) is 4.54. The number of hydrogen-bond donors (Lipinski definition) is 2. The Bertz CT molecular complexity index is 649. The Morgan fingerprint density at radius 3 is 2.57 bits per heavy atom. The average molecular weight is 302 g/mol. The highest BCUT2D eigenvalue weighted by Crippen LogP contribution is 2.25. The molecule has 3 heterocycles. The third kappa shape index (κ3) is 3.30. The normalized spacial score (nSPS) is 15.2. The zero-order valence-corrected chi connectivity index (χ0v) is 11.1. The van der Waals surface area contributed by atoms with Crippen LogP contribution in [0.15, 0.2) is 18.3 Å². The number of carboxylic acids is 1. The van der Waals surface area contributed by atoms with E-state index in [1.165, 1.54) is 11.1 Å². The Labute approximate surface area is 117 Å². The summed E-state index contributed by atoms with van der Waals surface area (Å²) in [5.41, 5.74) is 2.17. The van der Waals surface area contributed by atoms with Crippen molar-refractivity contribution in [3.05, 3.63) is 24.0 Å². The molecule has 2 aromatic rings. The molecule has 0 unspecified atom stereocenters. The van der Waals surface area contributed by atoms with Gasteiger partial charge >= 0.3 is 12.1 Å². The minimum absolute atomic E-state index is 0.572. The highest BCUT2D eigenvalue weighted by atomic mass is 19.4. The quantitative estimate of drug-likeness (QED) is 0.829. The van der Waals surface area contributed by atoms with Gasteiger partial charge < -0.3 is 10.4 Å². The van der Waals surface area contributed by atoms with Gasteiger partial charge in [-0.3, -0.25) is 4.68 Å². The number of rotatable bonds is 1. The molecule has 3 rings (SSSR count). The summed E-state index contributed by atoms with van der Waals surface area (Å²) in [6, 6.07) is 4.07. The Morgan fingerprint density at radius 1 is 1.48 bits per heavy atom.